The summed E-state index contributed by atoms with van der Waals surface area (Å²) in [6.07, 6.45) is 0.630. The Labute approximate surface area is 177 Å². The van der Waals surface area contributed by atoms with E-state index in [1.807, 2.05) is 12.1 Å². The summed E-state index contributed by atoms with van der Waals surface area (Å²) in [5.74, 6) is 0.00996. The topological polar surface area (TPSA) is 87.7 Å². The van der Waals surface area contributed by atoms with Crippen LogP contribution in [0, 0.1) is 19.8 Å². The molecule has 1 saturated heterocycles. The van der Waals surface area contributed by atoms with E-state index < -0.39 is 21.7 Å². The number of ether oxygens (including phenoxy) is 1. The van der Waals surface area contributed by atoms with Gasteiger partial charge in [-0.15, -0.1) is 0 Å². The predicted molar refractivity (Wildman–Crippen MR) is 111 cm³/mol. The van der Waals surface area contributed by atoms with E-state index >= 15 is 0 Å². The van der Waals surface area contributed by atoms with Gasteiger partial charge in [0.15, 0.2) is 0 Å². The molecule has 0 aromatic heterocycles. The van der Waals surface area contributed by atoms with Crippen molar-refractivity contribution in [3.8, 4) is 5.75 Å². The number of rotatable bonds is 7. The predicted octanol–water partition coefficient (Wildman–Crippen LogP) is 2.63. The molecule has 153 valence electrons. The van der Waals surface area contributed by atoms with Crippen LogP contribution in [0.3, 0.4) is 0 Å². The number of benzene rings is 2. The van der Waals surface area contributed by atoms with Gasteiger partial charge in [-0.25, -0.2) is 0 Å². The van der Waals surface area contributed by atoms with Gasteiger partial charge in [0.25, 0.3) is 0 Å². The van der Waals surface area contributed by atoms with Crippen LogP contribution < -0.4 is 15.5 Å². The summed E-state index contributed by atoms with van der Waals surface area (Å²) < 4.78 is 5.92. The molecule has 1 heterocycles. The van der Waals surface area contributed by atoms with Gasteiger partial charge in [0.2, 0.25) is 0 Å². The standard InChI is InChI=1S/C22H26AsN2O4/c1-14-3-4-15(2)17(11-14)13-29-18-7-5-16(6-8-18)21(26)23-20-12-24-10-9-19(20)22(27)25-28/h3-8,11,19-20,24,28H,9-10,12-13H2,1-2H3,(H,25,27)/t19-,20-/m1/s1. The first kappa shape index (κ1) is 21.6. The van der Waals surface area contributed by atoms with Crippen molar-refractivity contribution in [1.29, 1.82) is 0 Å². The average molecular weight is 457 g/mol. The third kappa shape index (κ3) is 5.69. The van der Waals surface area contributed by atoms with Crippen LogP contribution in [0.2, 0.25) is 4.71 Å². The van der Waals surface area contributed by atoms with E-state index in [0.29, 0.717) is 25.1 Å². The molecule has 3 rings (SSSR count). The van der Waals surface area contributed by atoms with E-state index in [0.717, 1.165) is 17.9 Å². The molecule has 0 aliphatic carbocycles. The summed E-state index contributed by atoms with van der Waals surface area (Å²) in [5, 5.41) is 12.2. The zero-order chi connectivity index (χ0) is 20.8. The number of hydrogen-bond acceptors (Lipinski definition) is 5. The molecule has 0 bridgehead atoms. The molecule has 2 aromatic rings. The van der Waals surface area contributed by atoms with Crippen molar-refractivity contribution >= 4 is 26.2 Å². The summed E-state index contributed by atoms with van der Waals surface area (Å²) in [4.78, 5) is 24.6. The van der Waals surface area contributed by atoms with Gasteiger partial charge in [0.1, 0.15) is 0 Å². The van der Waals surface area contributed by atoms with E-state index in [9.17, 15) is 9.59 Å². The fourth-order valence-corrected chi connectivity index (χ4v) is 6.10. The molecule has 1 aliphatic heterocycles. The normalized spacial score (nSPS) is 19.3. The second-order valence-electron chi connectivity index (χ2n) is 7.32. The molecule has 0 spiro atoms. The summed E-state index contributed by atoms with van der Waals surface area (Å²) in [6, 6.07) is 13.5. The third-order valence-corrected chi connectivity index (χ3v) is 8.05. The van der Waals surface area contributed by atoms with Crippen LogP contribution >= 0.6 is 0 Å². The monoisotopic (exact) mass is 457 g/mol. The first-order valence-electron chi connectivity index (χ1n) is 9.67. The first-order chi connectivity index (χ1) is 14.0. The Morgan fingerprint density at radius 2 is 1.97 bits per heavy atom. The van der Waals surface area contributed by atoms with Gasteiger partial charge in [0, 0.05) is 0 Å². The summed E-state index contributed by atoms with van der Waals surface area (Å²) in [7, 11) is 0. The van der Waals surface area contributed by atoms with E-state index in [2.05, 4.69) is 37.4 Å². The molecule has 1 radical (unpaired) electrons. The van der Waals surface area contributed by atoms with Crippen molar-refractivity contribution in [3.05, 3.63) is 64.7 Å². The van der Waals surface area contributed by atoms with Gasteiger partial charge in [-0.1, -0.05) is 0 Å². The summed E-state index contributed by atoms with van der Waals surface area (Å²) in [6.45, 7) is 5.95. The Morgan fingerprint density at radius 3 is 2.69 bits per heavy atom. The van der Waals surface area contributed by atoms with Gasteiger partial charge >= 0.3 is 178 Å². The minimum atomic E-state index is -0.725. The van der Waals surface area contributed by atoms with Crippen LogP contribution in [0.4, 0.5) is 0 Å². The van der Waals surface area contributed by atoms with Crippen LogP contribution in [0.25, 0.3) is 0 Å². The number of nitrogens with one attached hydrogen (secondary N) is 2. The van der Waals surface area contributed by atoms with Gasteiger partial charge < -0.3 is 0 Å². The number of carbonyl (C=O) groups is 2. The zero-order valence-corrected chi connectivity index (χ0v) is 18.5. The maximum absolute atomic E-state index is 12.7. The van der Waals surface area contributed by atoms with Crippen molar-refractivity contribution in [2.75, 3.05) is 13.1 Å². The molecule has 3 N–H and O–H groups in total. The minimum absolute atomic E-state index is 0.0418. The Hall–Kier alpha value is -2.14. The van der Waals surface area contributed by atoms with Crippen LogP contribution in [0.15, 0.2) is 42.5 Å². The van der Waals surface area contributed by atoms with Gasteiger partial charge in [-0.3, -0.25) is 0 Å². The Morgan fingerprint density at radius 1 is 1.21 bits per heavy atom. The molecule has 29 heavy (non-hydrogen) atoms. The molecule has 7 heteroatoms. The van der Waals surface area contributed by atoms with Crippen LogP contribution in [0.5, 0.6) is 5.75 Å². The van der Waals surface area contributed by atoms with Gasteiger partial charge in [0.05, 0.1) is 0 Å². The van der Waals surface area contributed by atoms with Crippen LogP contribution in [-0.4, -0.2) is 44.5 Å². The molecule has 1 amide bonds. The SMILES string of the molecule is Cc1ccc(C)c(COc2ccc(C(=O)[As][C@@H]3CNCC[C@H]3C(=O)NO)cc2)c1. The van der Waals surface area contributed by atoms with Crippen molar-refractivity contribution < 1.29 is 19.5 Å². The molecule has 0 unspecified atom stereocenters. The Bertz CT molecular complexity index is 870. The second kappa shape index (κ2) is 10.1. The second-order valence-corrected chi connectivity index (χ2v) is 10.1. The Balaban J connectivity index is 1.59. The van der Waals surface area contributed by atoms with E-state index in [1.165, 1.54) is 11.1 Å². The Kier molecular flexibility index (Phi) is 7.48. The van der Waals surface area contributed by atoms with Crippen LogP contribution in [0.1, 0.15) is 33.5 Å². The summed E-state index contributed by atoms with van der Waals surface area (Å²) in [5.41, 5.74) is 5.91. The van der Waals surface area contributed by atoms with Crippen molar-refractivity contribution in [1.82, 2.24) is 10.8 Å². The van der Waals surface area contributed by atoms with Crippen molar-refractivity contribution in [3.63, 3.8) is 0 Å². The molecule has 0 saturated carbocycles. The zero-order valence-electron chi connectivity index (χ0n) is 16.6. The summed E-state index contributed by atoms with van der Waals surface area (Å²) >= 11 is -0.725. The number of amides is 1. The molecule has 2 atom stereocenters. The van der Waals surface area contributed by atoms with Crippen LogP contribution in [-0.2, 0) is 11.4 Å². The van der Waals surface area contributed by atoms with Gasteiger partial charge in [-0.2, -0.15) is 0 Å². The first-order valence-corrected chi connectivity index (χ1v) is 11.7. The van der Waals surface area contributed by atoms with E-state index in [-0.39, 0.29) is 15.2 Å². The molecule has 6 nitrogen and oxygen atoms in total. The van der Waals surface area contributed by atoms with Gasteiger partial charge in [-0.05, 0) is 0 Å². The average Bonchev–Trinajstić information content (AvgIpc) is 2.74. The quantitative estimate of drug-likeness (QED) is 0.338. The van der Waals surface area contributed by atoms with E-state index in [1.54, 1.807) is 17.6 Å². The molecule has 1 aliphatic rings. The maximum atomic E-state index is 12.7. The molecular formula is C22H26AsN2O4. The third-order valence-electron chi connectivity index (χ3n) is 5.18. The van der Waals surface area contributed by atoms with E-state index in [4.69, 9.17) is 9.94 Å². The molecule has 1 fully saturated rings. The number of aryl methyl sites for hydroxylation is 2. The fourth-order valence-electron chi connectivity index (χ4n) is 3.40. The number of piperidine rings is 1. The molecular weight excluding hydrogens is 431 g/mol. The number of carbonyl (C=O) groups excluding carboxylic acids is 2. The van der Waals surface area contributed by atoms with Crippen molar-refractivity contribution in [2.24, 2.45) is 5.92 Å². The number of hydrogen-bond donors (Lipinski definition) is 3. The number of hydroxylamine groups is 1. The fraction of sp³-hybridized carbons (Fsp3) is 0.364. The molecule has 2 aromatic carbocycles. The van der Waals surface area contributed by atoms with Crippen molar-refractivity contribution in [2.45, 2.75) is 31.6 Å².